The van der Waals surface area contributed by atoms with Crippen LogP contribution in [0.1, 0.15) is 35.7 Å². The molecule has 0 bridgehead atoms. The summed E-state index contributed by atoms with van der Waals surface area (Å²) >= 11 is 0. The van der Waals surface area contributed by atoms with Crippen LogP contribution in [0.25, 0.3) is 17.0 Å². The maximum atomic E-state index is 11.6. The average Bonchev–Trinajstić information content (AvgIpc) is 2.75. The maximum absolute atomic E-state index is 11.6. The number of carbonyl (C=O) groups is 2. The number of nitrogens with two attached hydrogens (primary N) is 2. The van der Waals surface area contributed by atoms with Gasteiger partial charge in [-0.05, 0) is 18.1 Å². The normalized spacial score (nSPS) is 11.1. The van der Waals surface area contributed by atoms with Crippen molar-refractivity contribution in [3.8, 4) is 0 Å². The van der Waals surface area contributed by atoms with Gasteiger partial charge in [-0.1, -0.05) is 37.6 Å². The number of carbonyl (C=O) groups excluding carboxylic acids is 2. The molecule has 0 fully saturated rings. The van der Waals surface area contributed by atoms with Gasteiger partial charge in [-0.25, -0.2) is 4.79 Å². The quantitative estimate of drug-likeness (QED) is 0.676. The van der Waals surface area contributed by atoms with Crippen molar-refractivity contribution in [2.75, 3.05) is 5.32 Å². The van der Waals surface area contributed by atoms with Crippen LogP contribution in [0.5, 0.6) is 0 Å². The lowest BCUT2D eigenvalue weighted by Gasteiger charge is -2.00. The average molecular weight is 286 g/mol. The topological polar surface area (TPSA) is 114 Å². The summed E-state index contributed by atoms with van der Waals surface area (Å²) in [6.07, 6.45) is 6.18. The summed E-state index contributed by atoms with van der Waals surface area (Å²) in [6, 6.07) is 4.82. The highest BCUT2D eigenvalue weighted by molar-refractivity contribution is 6.13. The largest absolute Gasteiger partial charge is 0.365 e. The third kappa shape index (κ3) is 3.22. The first-order valence-electron chi connectivity index (χ1n) is 6.71. The zero-order valence-corrected chi connectivity index (χ0v) is 11.8. The van der Waals surface area contributed by atoms with Crippen molar-refractivity contribution in [3.05, 3.63) is 35.4 Å². The van der Waals surface area contributed by atoms with E-state index in [-0.39, 0.29) is 11.4 Å². The lowest BCUT2D eigenvalue weighted by Crippen LogP contribution is -2.22. The van der Waals surface area contributed by atoms with Crippen LogP contribution in [0.4, 0.5) is 10.6 Å². The monoisotopic (exact) mass is 286 g/mol. The summed E-state index contributed by atoms with van der Waals surface area (Å²) < 4.78 is 0. The van der Waals surface area contributed by atoms with E-state index in [4.69, 9.17) is 11.5 Å². The van der Waals surface area contributed by atoms with Crippen molar-refractivity contribution >= 4 is 34.7 Å². The highest BCUT2D eigenvalue weighted by Crippen LogP contribution is 2.27. The van der Waals surface area contributed by atoms with E-state index in [1.54, 1.807) is 6.07 Å². The zero-order valence-electron chi connectivity index (χ0n) is 11.8. The van der Waals surface area contributed by atoms with Gasteiger partial charge in [-0.2, -0.15) is 0 Å². The molecule has 6 heteroatoms. The van der Waals surface area contributed by atoms with E-state index in [2.05, 4.69) is 23.3 Å². The predicted molar refractivity (Wildman–Crippen MR) is 84.0 cm³/mol. The minimum Gasteiger partial charge on any atom is -0.365 e. The highest BCUT2D eigenvalue weighted by atomic mass is 16.2. The molecule has 21 heavy (non-hydrogen) atoms. The summed E-state index contributed by atoms with van der Waals surface area (Å²) in [4.78, 5) is 25.5. The Labute approximate surface area is 122 Å². The third-order valence-corrected chi connectivity index (χ3v) is 3.08. The van der Waals surface area contributed by atoms with Crippen molar-refractivity contribution in [3.63, 3.8) is 0 Å². The second kappa shape index (κ2) is 6.13. The van der Waals surface area contributed by atoms with E-state index >= 15 is 0 Å². The number of urea groups is 1. The predicted octanol–water partition coefficient (Wildman–Crippen LogP) is 2.57. The first-order valence-corrected chi connectivity index (χ1v) is 6.71. The molecule has 1 heterocycles. The lowest BCUT2D eigenvalue weighted by atomic mass is 10.1. The molecule has 0 aliphatic carbocycles. The molecule has 110 valence electrons. The number of allylic oxidation sites excluding steroid dienone is 1. The Hall–Kier alpha value is -2.76. The van der Waals surface area contributed by atoms with Crippen LogP contribution >= 0.6 is 0 Å². The molecule has 0 aliphatic rings. The molecule has 2 aromatic rings. The van der Waals surface area contributed by atoms with E-state index < -0.39 is 11.9 Å². The summed E-state index contributed by atoms with van der Waals surface area (Å²) in [7, 11) is 0. The number of aromatic nitrogens is 1. The smallest absolute Gasteiger partial charge is 0.317 e. The molecular weight excluding hydrogens is 268 g/mol. The van der Waals surface area contributed by atoms with Crippen LogP contribution < -0.4 is 16.8 Å². The molecule has 1 aromatic heterocycles. The maximum Gasteiger partial charge on any atom is 0.317 e. The Morgan fingerprint density at radius 1 is 1.33 bits per heavy atom. The van der Waals surface area contributed by atoms with Gasteiger partial charge in [0.1, 0.15) is 5.82 Å². The number of fused-ring (bicyclic) bond motifs is 1. The molecule has 0 saturated heterocycles. The van der Waals surface area contributed by atoms with Gasteiger partial charge in [0.25, 0.3) is 5.91 Å². The second-order valence-electron chi connectivity index (χ2n) is 4.72. The number of aromatic amines is 1. The Morgan fingerprint density at radius 3 is 2.71 bits per heavy atom. The SMILES string of the molecule is CCC/C=C/c1ccc2c(C(N)=O)c(NC(N)=O)[nH]c2c1. The molecule has 6 N–H and O–H groups in total. The van der Waals surface area contributed by atoms with Crippen LogP contribution in [-0.4, -0.2) is 16.9 Å². The van der Waals surface area contributed by atoms with E-state index in [1.165, 1.54) is 0 Å². The molecule has 0 unspecified atom stereocenters. The number of unbranched alkanes of at least 4 members (excludes halogenated alkanes) is 1. The number of hydrogen-bond donors (Lipinski definition) is 4. The third-order valence-electron chi connectivity index (χ3n) is 3.08. The summed E-state index contributed by atoms with van der Waals surface area (Å²) in [5, 5.41) is 3.03. The Balaban J connectivity index is 2.48. The zero-order chi connectivity index (χ0) is 15.4. The van der Waals surface area contributed by atoms with Gasteiger partial charge in [0, 0.05) is 10.9 Å². The van der Waals surface area contributed by atoms with Crippen molar-refractivity contribution in [2.45, 2.75) is 19.8 Å². The first kappa shape index (κ1) is 14.6. The number of anilines is 1. The molecule has 0 aliphatic heterocycles. The van der Waals surface area contributed by atoms with Crippen molar-refractivity contribution in [1.29, 1.82) is 0 Å². The summed E-state index contributed by atoms with van der Waals surface area (Å²) in [6.45, 7) is 2.11. The fraction of sp³-hybridized carbons (Fsp3) is 0.200. The molecule has 0 atom stereocenters. The van der Waals surface area contributed by atoms with Gasteiger partial charge < -0.3 is 16.5 Å². The summed E-state index contributed by atoms with van der Waals surface area (Å²) in [5.41, 5.74) is 12.4. The molecule has 0 radical (unpaired) electrons. The van der Waals surface area contributed by atoms with E-state index in [1.807, 2.05) is 18.2 Å². The van der Waals surface area contributed by atoms with Crippen LogP contribution in [0.3, 0.4) is 0 Å². The summed E-state index contributed by atoms with van der Waals surface area (Å²) in [5.74, 6) is -0.404. The van der Waals surface area contributed by atoms with Gasteiger partial charge in [0.2, 0.25) is 0 Å². The minimum absolute atomic E-state index is 0.222. The number of hydrogen-bond acceptors (Lipinski definition) is 2. The number of H-pyrrole nitrogens is 1. The highest BCUT2D eigenvalue weighted by Gasteiger charge is 2.17. The van der Waals surface area contributed by atoms with Gasteiger partial charge >= 0.3 is 6.03 Å². The van der Waals surface area contributed by atoms with Crippen LogP contribution in [0.2, 0.25) is 0 Å². The van der Waals surface area contributed by atoms with Gasteiger partial charge in [0.05, 0.1) is 5.56 Å². The van der Waals surface area contributed by atoms with E-state index in [9.17, 15) is 9.59 Å². The van der Waals surface area contributed by atoms with Gasteiger partial charge in [-0.15, -0.1) is 0 Å². The minimum atomic E-state index is -0.757. The molecule has 1 aromatic carbocycles. The van der Waals surface area contributed by atoms with Crippen LogP contribution in [0.15, 0.2) is 24.3 Å². The Kier molecular flexibility index (Phi) is 4.27. The fourth-order valence-corrected chi connectivity index (χ4v) is 2.18. The van der Waals surface area contributed by atoms with Crippen molar-refractivity contribution in [1.82, 2.24) is 4.98 Å². The number of primary amides is 2. The molecule has 2 rings (SSSR count). The van der Waals surface area contributed by atoms with Crippen LogP contribution in [0, 0.1) is 0 Å². The van der Waals surface area contributed by atoms with Gasteiger partial charge in [-0.3, -0.25) is 10.1 Å². The molecule has 6 nitrogen and oxygen atoms in total. The number of benzene rings is 1. The molecule has 3 amide bonds. The Morgan fingerprint density at radius 2 is 2.10 bits per heavy atom. The van der Waals surface area contributed by atoms with E-state index in [0.717, 1.165) is 18.4 Å². The van der Waals surface area contributed by atoms with E-state index in [0.29, 0.717) is 10.9 Å². The van der Waals surface area contributed by atoms with Crippen molar-refractivity contribution < 1.29 is 9.59 Å². The second-order valence-corrected chi connectivity index (χ2v) is 4.72. The van der Waals surface area contributed by atoms with Gasteiger partial charge in [0.15, 0.2) is 0 Å². The Bertz CT molecular complexity index is 716. The molecular formula is C15H18N4O2. The number of rotatable bonds is 5. The lowest BCUT2D eigenvalue weighted by molar-refractivity contribution is 0.100. The number of nitrogens with one attached hydrogen (secondary N) is 2. The van der Waals surface area contributed by atoms with Crippen LogP contribution in [-0.2, 0) is 0 Å². The number of amides is 3. The first-order chi connectivity index (χ1) is 10.0. The fourth-order valence-electron chi connectivity index (χ4n) is 2.18. The molecule has 0 saturated carbocycles. The van der Waals surface area contributed by atoms with Crippen molar-refractivity contribution in [2.24, 2.45) is 11.5 Å². The molecule has 0 spiro atoms. The standard InChI is InChI=1S/C15H18N4O2/c1-2-3-4-5-9-6-7-10-11(8-9)18-14(19-15(17)21)12(10)13(16)20/h4-8,18H,2-3H2,1H3,(H2,16,20)(H3,17,19,21)/b5-4+.